The highest BCUT2D eigenvalue weighted by atomic mass is 16.5. The van der Waals surface area contributed by atoms with Crippen LogP contribution in [0.15, 0.2) is 24.3 Å². The van der Waals surface area contributed by atoms with Gasteiger partial charge in [0.05, 0.1) is 25.4 Å². The van der Waals surface area contributed by atoms with Crippen molar-refractivity contribution in [2.75, 3.05) is 57.3 Å². The average molecular weight is 362 g/mol. The smallest absolute Gasteiger partial charge is 0.239 e. The predicted molar refractivity (Wildman–Crippen MR) is 103 cm³/mol. The maximum absolute atomic E-state index is 12.0. The second-order valence-electron chi connectivity index (χ2n) is 6.29. The fourth-order valence-corrected chi connectivity index (χ4v) is 2.91. The van der Waals surface area contributed by atoms with Crippen molar-refractivity contribution >= 4 is 17.5 Å². The van der Waals surface area contributed by atoms with Gasteiger partial charge < -0.3 is 20.3 Å². The van der Waals surface area contributed by atoms with Crippen LogP contribution in [0.25, 0.3) is 0 Å². The van der Waals surface area contributed by atoms with E-state index in [2.05, 4.69) is 26.5 Å². The Kier molecular flexibility index (Phi) is 8.21. The summed E-state index contributed by atoms with van der Waals surface area (Å²) >= 11 is 0. The molecule has 0 atom stereocenters. The summed E-state index contributed by atoms with van der Waals surface area (Å²) in [5.41, 5.74) is 1.10. The van der Waals surface area contributed by atoms with Crippen LogP contribution in [0.3, 0.4) is 0 Å². The lowest BCUT2D eigenvalue weighted by Gasteiger charge is -2.36. The van der Waals surface area contributed by atoms with Crippen molar-refractivity contribution in [2.45, 2.75) is 20.3 Å². The summed E-state index contributed by atoms with van der Waals surface area (Å²) in [6.45, 7) is 8.90. The Labute approximate surface area is 155 Å². The van der Waals surface area contributed by atoms with Crippen LogP contribution in [0, 0.1) is 0 Å². The fourth-order valence-electron chi connectivity index (χ4n) is 2.91. The molecule has 7 heteroatoms. The third-order valence-corrected chi connectivity index (χ3v) is 4.26. The molecular formula is C19H30N4O3. The predicted octanol–water partition coefficient (Wildman–Crippen LogP) is 0.850. The maximum Gasteiger partial charge on any atom is 0.239 e. The van der Waals surface area contributed by atoms with Crippen molar-refractivity contribution in [3.63, 3.8) is 0 Å². The van der Waals surface area contributed by atoms with Crippen molar-refractivity contribution in [3.8, 4) is 5.75 Å². The fraction of sp³-hybridized carbons (Fsp3) is 0.579. The number of nitrogens with one attached hydrogen (secondary N) is 2. The minimum atomic E-state index is -0.141. The Morgan fingerprint density at radius 3 is 2.46 bits per heavy atom. The van der Waals surface area contributed by atoms with E-state index in [4.69, 9.17) is 4.74 Å². The number of hydrogen-bond donors (Lipinski definition) is 2. The third kappa shape index (κ3) is 6.22. The number of anilines is 1. The molecule has 0 aromatic heterocycles. The van der Waals surface area contributed by atoms with E-state index in [9.17, 15) is 9.59 Å². The lowest BCUT2D eigenvalue weighted by Crippen LogP contribution is -2.50. The van der Waals surface area contributed by atoms with Gasteiger partial charge in [0.1, 0.15) is 5.75 Å². The number of amides is 2. The first kappa shape index (κ1) is 20.0. The Hall–Kier alpha value is -2.28. The zero-order chi connectivity index (χ0) is 18.8. The van der Waals surface area contributed by atoms with E-state index < -0.39 is 0 Å². The molecule has 2 amide bonds. The monoisotopic (exact) mass is 362 g/mol. The van der Waals surface area contributed by atoms with Crippen molar-refractivity contribution < 1.29 is 14.3 Å². The van der Waals surface area contributed by atoms with Gasteiger partial charge in [0.25, 0.3) is 0 Å². The number of piperazine rings is 1. The van der Waals surface area contributed by atoms with Crippen molar-refractivity contribution in [1.29, 1.82) is 0 Å². The summed E-state index contributed by atoms with van der Waals surface area (Å²) in [6, 6.07) is 8.05. The first-order valence-corrected chi connectivity index (χ1v) is 9.36. The van der Waals surface area contributed by atoms with Gasteiger partial charge in [-0.3, -0.25) is 14.5 Å². The molecule has 0 unspecified atom stereocenters. The second-order valence-corrected chi connectivity index (χ2v) is 6.29. The summed E-state index contributed by atoms with van der Waals surface area (Å²) in [4.78, 5) is 27.9. The van der Waals surface area contributed by atoms with Gasteiger partial charge in [0.2, 0.25) is 11.8 Å². The lowest BCUT2D eigenvalue weighted by atomic mass is 10.2. The average Bonchev–Trinajstić information content (AvgIpc) is 2.66. The Morgan fingerprint density at radius 2 is 1.77 bits per heavy atom. The summed E-state index contributed by atoms with van der Waals surface area (Å²) in [7, 11) is 0. The van der Waals surface area contributed by atoms with Gasteiger partial charge in [-0.15, -0.1) is 0 Å². The number of ether oxygens (including phenoxy) is 1. The SMILES string of the molecule is CCCNC(=O)CNC(=O)CN1CCN(c2ccccc2OCC)CC1. The molecule has 26 heavy (non-hydrogen) atoms. The topological polar surface area (TPSA) is 73.9 Å². The number of hydrogen-bond acceptors (Lipinski definition) is 5. The summed E-state index contributed by atoms with van der Waals surface area (Å²) in [6.07, 6.45) is 0.885. The number of nitrogens with zero attached hydrogens (tertiary/aromatic N) is 2. The van der Waals surface area contributed by atoms with E-state index in [1.807, 2.05) is 32.0 Å². The summed E-state index contributed by atoms with van der Waals surface area (Å²) < 4.78 is 5.71. The van der Waals surface area contributed by atoms with Gasteiger partial charge in [-0.25, -0.2) is 0 Å². The summed E-state index contributed by atoms with van der Waals surface area (Å²) in [5, 5.41) is 5.43. The number of benzene rings is 1. The molecule has 1 saturated heterocycles. The molecular weight excluding hydrogens is 332 g/mol. The minimum absolute atomic E-state index is 0.0422. The van der Waals surface area contributed by atoms with Crippen molar-refractivity contribution in [2.24, 2.45) is 0 Å². The van der Waals surface area contributed by atoms with Crippen LogP contribution in [-0.2, 0) is 9.59 Å². The van der Waals surface area contributed by atoms with Crippen LogP contribution in [0.2, 0.25) is 0 Å². The molecule has 0 aliphatic carbocycles. The first-order chi connectivity index (χ1) is 12.6. The molecule has 2 N–H and O–H groups in total. The molecule has 144 valence electrons. The van der Waals surface area contributed by atoms with E-state index in [0.717, 1.165) is 44.0 Å². The lowest BCUT2D eigenvalue weighted by molar-refractivity contribution is -0.126. The van der Waals surface area contributed by atoms with Gasteiger partial charge in [-0.2, -0.15) is 0 Å². The Bertz CT molecular complexity index is 586. The number of para-hydroxylation sites is 2. The zero-order valence-electron chi connectivity index (χ0n) is 15.8. The highest BCUT2D eigenvalue weighted by Crippen LogP contribution is 2.28. The normalized spacial score (nSPS) is 14.8. The largest absolute Gasteiger partial charge is 0.492 e. The number of carbonyl (C=O) groups is 2. The van der Waals surface area contributed by atoms with Gasteiger partial charge in [-0.05, 0) is 25.5 Å². The van der Waals surface area contributed by atoms with E-state index in [1.165, 1.54) is 0 Å². The molecule has 1 fully saturated rings. The standard InChI is InChI=1S/C19H30N4O3/c1-3-9-20-18(24)14-21-19(25)15-22-10-12-23(13-11-22)16-7-5-6-8-17(16)26-4-2/h5-8H,3-4,9-15H2,1-2H3,(H,20,24)(H,21,25). The Balaban J connectivity index is 1.75. The molecule has 1 aliphatic heterocycles. The van der Waals surface area contributed by atoms with Gasteiger partial charge >= 0.3 is 0 Å². The molecule has 0 radical (unpaired) electrons. The second kappa shape index (κ2) is 10.7. The van der Waals surface area contributed by atoms with Crippen LogP contribution >= 0.6 is 0 Å². The van der Waals surface area contributed by atoms with Crippen LogP contribution < -0.4 is 20.3 Å². The minimum Gasteiger partial charge on any atom is -0.492 e. The van der Waals surface area contributed by atoms with E-state index in [1.54, 1.807) is 0 Å². The van der Waals surface area contributed by atoms with E-state index >= 15 is 0 Å². The first-order valence-electron chi connectivity index (χ1n) is 9.36. The van der Waals surface area contributed by atoms with Crippen LogP contribution in [0.5, 0.6) is 5.75 Å². The van der Waals surface area contributed by atoms with Gasteiger partial charge in [-0.1, -0.05) is 19.1 Å². The van der Waals surface area contributed by atoms with Gasteiger partial charge in [0.15, 0.2) is 0 Å². The number of rotatable bonds is 9. The van der Waals surface area contributed by atoms with Crippen LogP contribution in [-0.4, -0.2) is 69.1 Å². The molecule has 0 spiro atoms. The van der Waals surface area contributed by atoms with Crippen molar-refractivity contribution in [3.05, 3.63) is 24.3 Å². The molecule has 0 bridgehead atoms. The highest BCUT2D eigenvalue weighted by molar-refractivity contribution is 5.85. The molecule has 7 nitrogen and oxygen atoms in total. The molecule has 1 aromatic carbocycles. The third-order valence-electron chi connectivity index (χ3n) is 4.26. The zero-order valence-corrected chi connectivity index (χ0v) is 15.8. The van der Waals surface area contributed by atoms with E-state index in [-0.39, 0.29) is 18.4 Å². The summed E-state index contributed by atoms with van der Waals surface area (Å²) in [5.74, 6) is 0.650. The Morgan fingerprint density at radius 1 is 1.04 bits per heavy atom. The van der Waals surface area contributed by atoms with Crippen LogP contribution in [0.4, 0.5) is 5.69 Å². The molecule has 0 saturated carbocycles. The van der Waals surface area contributed by atoms with Gasteiger partial charge in [0, 0.05) is 32.7 Å². The molecule has 2 rings (SSSR count). The number of carbonyl (C=O) groups excluding carboxylic acids is 2. The molecule has 1 heterocycles. The molecule has 1 aliphatic rings. The van der Waals surface area contributed by atoms with Crippen LogP contribution in [0.1, 0.15) is 20.3 Å². The maximum atomic E-state index is 12.0. The van der Waals surface area contributed by atoms with E-state index in [0.29, 0.717) is 19.7 Å². The van der Waals surface area contributed by atoms with Crippen molar-refractivity contribution in [1.82, 2.24) is 15.5 Å². The highest BCUT2D eigenvalue weighted by Gasteiger charge is 2.21. The molecule has 1 aromatic rings. The quantitative estimate of drug-likeness (QED) is 0.681.